The van der Waals surface area contributed by atoms with E-state index in [1.54, 1.807) is 4.90 Å². The molecule has 142 valence electrons. The summed E-state index contributed by atoms with van der Waals surface area (Å²) < 4.78 is 27.4. The maximum absolute atomic E-state index is 12.3. The van der Waals surface area contributed by atoms with E-state index in [0.29, 0.717) is 5.56 Å². The lowest BCUT2D eigenvalue weighted by atomic mass is 9.97. The molecule has 0 radical (unpaired) electrons. The first-order chi connectivity index (χ1) is 12.2. The summed E-state index contributed by atoms with van der Waals surface area (Å²) in [5.74, 6) is -0.824. The fourth-order valence-electron chi connectivity index (χ4n) is 3.10. The third-order valence-electron chi connectivity index (χ3n) is 4.44. The molecule has 1 aromatic carbocycles. The molecule has 1 fully saturated rings. The second kappa shape index (κ2) is 8.46. The minimum atomic E-state index is -3.75. The van der Waals surface area contributed by atoms with Crippen LogP contribution < -0.4 is 5.14 Å². The number of nitrogens with zero attached hydrogens (tertiary/aromatic N) is 1. The van der Waals surface area contributed by atoms with E-state index in [1.165, 1.54) is 36.4 Å². The van der Waals surface area contributed by atoms with Gasteiger partial charge in [-0.2, -0.15) is 0 Å². The van der Waals surface area contributed by atoms with Crippen molar-refractivity contribution >= 4 is 28.0 Å². The summed E-state index contributed by atoms with van der Waals surface area (Å²) in [6.45, 7) is 3.71. The summed E-state index contributed by atoms with van der Waals surface area (Å²) in [6.07, 6.45) is 5.68. The number of rotatable bonds is 5. The van der Waals surface area contributed by atoms with Crippen LogP contribution in [0.25, 0.3) is 6.08 Å². The van der Waals surface area contributed by atoms with E-state index in [-0.39, 0.29) is 29.5 Å². The predicted molar refractivity (Wildman–Crippen MR) is 97.4 cm³/mol. The molecule has 0 spiro atoms. The Labute approximate surface area is 153 Å². The number of nitrogens with two attached hydrogens (primary N) is 1. The molecule has 1 amide bonds. The van der Waals surface area contributed by atoms with Gasteiger partial charge in [0, 0.05) is 18.2 Å². The molecule has 7 nitrogen and oxygen atoms in total. The van der Waals surface area contributed by atoms with Gasteiger partial charge < -0.3 is 9.64 Å². The molecule has 8 heteroatoms. The van der Waals surface area contributed by atoms with Gasteiger partial charge in [-0.25, -0.2) is 18.4 Å². The summed E-state index contributed by atoms with van der Waals surface area (Å²) >= 11 is 0. The number of primary sulfonamides is 1. The molecule has 1 heterocycles. The van der Waals surface area contributed by atoms with E-state index in [9.17, 15) is 18.0 Å². The van der Waals surface area contributed by atoms with Gasteiger partial charge in [0.2, 0.25) is 10.0 Å². The number of carbonyl (C=O) groups is 2. The standard InChI is InChI=1S/C18H24N2O5S/c1-13-4-3-5-14(2)20(13)17(21)12-25-18(22)11-8-15-6-9-16(10-7-15)26(19,23)24/h6-11,13-14H,3-5,12H2,1-2H3,(H2,19,23,24)/b11-8+. The van der Waals surface area contributed by atoms with Crippen molar-refractivity contribution in [3.63, 3.8) is 0 Å². The number of ether oxygens (including phenoxy) is 1. The highest BCUT2D eigenvalue weighted by atomic mass is 32.2. The Hall–Kier alpha value is -2.19. The van der Waals surface area contributed by atoms with Gasteiger partial charge >= 0.3 is 5.97 Å². The zero-order valence-corrected chi connectivity index (χ0v) is 15.7. The molecule has 2 unspecified atom stereocenters. The van der Waals surface area contributed by atoms with E-state index in [2.05, 4.69) is 0 Å². The van der Waals surface area contributed by atoms with Crippen LogP contribution in [-0.2, 0) is 24.3 Å². The van der Waals surface area contributed by atoms with Gasteiger partial charge in [-0.15, -0.1) is 0 Å². The second-order valence-electron chi connectivity index (χ2n) is 6.49. The zero-order valence-electron chi connectivity index (χ0n) is 14.9. The topological polar surface area (TPSA) is 107 Å². The molecule has 0 bridgehead atoms. The smallest absolute Gasteiger partial charge is 0.331 e. The molecule has 1 aliphatic heterocycles. The highest BCUT2D eigenvalue weighted by Gasteiger charge is 2.29. The van der Waals surface area contributed by atoms with Gasteiger partial charge in [-0.1, -0.05) is 12.1 Å². The Balaban J connectivity index is 1.88. The van der Waals surface area contributed by atoms with Crippen molar-refractivity contribution in [2.75, 3.05) is 6.61 Å². The number of carbonyl (C=O) groups excluding carboxylic acids is 2. The van der Waals surface area contributed by atoms with Gasteiger partial charge in [0.15, 0.2) is 6.61 Å². The van der Waals surface area contributed by atoms with Crippen molar-refractivity contribution < 1.29 is 22.7 Å². The number of amides is 1. The number of likely N-dealkylation sites (tertiary alicyclic amines) is 1. The van der Waals surface area contributed by atoms with Crippen LogP contribution in [0.5, 0.6) is 0 Å². The maximum Gasteiger partial charge on any atom is 0.331 e. The van der Waals surface area contributed by atoms with Crippen LogP contribution in [0.2, 0.25) is 0 Å². The zero-order chi connectivity index (χ0) is 19.3. The molecule has 0 aromatic heterocycles. The summed E-state index contributed by atoms with van der Waals surface area (Å²) in [4.78, 5) is 25.9. The Kier molecular flexibility index (Phi) is 6.55. The van der Waals surface area contributed by atoms with Gasteiger partial charge in [0.1, 0.15) is 0 Å². The van der Waals surface area contributed by atoms with Crippen LogP contribution in [-0.4, -0.2) is 43.9 Å². The molecule has 0 aliphatic carbocycles. The largest absolute Gasteiger partial charge is 0.452 e. The number of piperidine rings is 1. The number of esters is 1. The first kappa shape index (κ1) is 20.1. The van der Waals surface area contributed by atoms with E-state index in [1.807, 2.05) is 13.8 Å². The van der Waals surface area contributed by atoms with Crippen LogP contribution in [0.3, 0.4) is 0 Å². The van der Waals surface area contributed by atoms with Crippen LogP contribution >= 0.6 is 0 Å². The summed E-state index contributed by atoms with van der Waals surface area (Å²) in [7, 11) is -3.75. The molecule has 2 N–H and O–H groups in total. The van der Waals surface area contributed by atoms with E-state index >= 15 is 0 Å². The molecule has 2 rings (SSSR count). The fraction of sp³-hybridized carbons (Fsp3) is 0.444. The minimum Gasteiger partial charge on any atom is -0.452 e. The van der Waals surface area contributed by atoms with Gasteiger partial charge in [0.25, 0.3) is 5.91 Å². The third-order valence-corrected chi connectivity index (χ3v) is 5.37. The van der Waals surface area contributed by atoms with Crippen molar-refractivity contribution in [2.24, 2.45) is 5.14 Å². The number of hydrogen-bond donors (Lipinski definition) is 1. The van der Waals surface area contributed by atoms with E-state index in [4.69, 9.17) is 9.88 Å². The first-order valence-corrected chi connectivity index (χ1v) is 10.0. The van der Waals surface area contributed by atoms with Crippen LogP contribution in [0.4, 0.5) is 0 Å². The Morgan fingerprint density at radius 3 is 2.31 bits per heavy atom. The van der Waals surface area contributed by atoms with E-state index in [0.717, 1.165) is 19.3 Å². The molecular weight excluding hydrogens is 356 g/mol. The molecule has 1 aliphatic rings. The van der Waals surface area contributed by atoms with Crippen molar-refractivity contribution in [1.29, 1.82) is 0 Å². The van der Waals surface area contributed by atoms with Crippen molar-refractivity contribution in [3.05, 3.63) is 35.9 Å². The van der Waals surface area contributed by atoms with Gasteiger partial charge in [0.05, 0.1) is 4.90 Å². The Morgan fingerprint density at radius 2 is 1.77 bits per heavy atom. The van der Waals surface area contributed by atoms with Crippen molar-refractivity contribution in [3.8, 4) is 0 Å². The lowest BCUT2D eigenvalue weighted by Gasteiger charge is -2.38. The summed E-state index contributed by atoms with van der Waals surface area (Å²) in [5.41, 5.74) is 0.610. The molecule has 1 aromatic rings. The number of benzene rings is 1. The summed E-state index contributed by atoms with van der Waals surface area (Å²) in [6, 6.07) is 6.04. The van der Waals surface area contributed by atoms with Crippen LogP contribution in [0.1, 0.15) is 38.7 Å². The minimum absolute atomic E-state index is 0.00686. The normalized spacial score (nSPS) is 21.0. The van der Waals surface area contributed by atoms with E-state index < -0.39 is 16.0 Å². The average molecular weight is 380 g/mol. The fourth-order valence-corrected chi connectivity index (χ4v) is 3.62. The molecular formula is C18H24N2O5S. The Morgan fingerprint density at radius 1 is 1.19 bits per heavy atom. The first-order valence-electron chi connectivity index (χ1n) is 8.47. The van der Waals surface area contributed by atoms with Gasteiger partial charge in [-0.3, -0.25) is 4.79 Å². The maximum atomic E-state index is 12.3. The predicted octanol–water partition coefficient (Wildman–Crippen LogP) is 1.68. The SMILES string of the molecule is CC1CCCC(C)N1C(=O)COC(=O)/C=C/c1ccc(S(N)(=O)=O)cc1. The van der Waals surface area contributed by atoms with Gasteiger partial charge in [-0.05, 0) is 56.9 Å². The lowest BCUT2D eigenvalue weighted by Crippen LogP contribution is -2.49. The molecule has 2 atom stereocenters. The number of sulfonamides is 1. The number of hydrogen-bond acceptors (Lipinski definition) is 5. The second-order valence-corrected chi connectivity index (χ2v) is 8.05. The highest BCUT2D eigenvalue weighted by molar-refractivity contribution is 7.89. The third kappa shape index (κ3) is 5.40. The molecule has 0 saturated carbocycles. The van der Waals surface area contributed by atoms with Crippen LogP contribution in [0.15, 0.2) is 35.2 Å². The van der Waals surface area contributed by atoms with Crippen molar-refractivity contribution in [2.45, 2.75) is 50.1 Å². The molecule has 26 heavy (non-hydrogen) atoms. The Bertz CT molecular complexity index is 776. The highest BCUT2D eigenvalue weighted by Crippen LogP contribution is 2.22. The lowest BCUT2D eigenvalue weighted by molar-refractivity contribution is -0.151. The average Bonchev–Trinajstić information content (AvgIpc) is 2.57. The monoisotopic (exact) mass is 380 g/mol. The van der Waals surface area contributed by atoms with Crippen LogP contribution in [0, 0.1) is 0 Å². The summed E-state index contributed by atoms with van der Waals surface area (Å²) in [5, 5.41) is 5.02. The molecule has 1 saturated heterocycles. The van der Waals surface area contributed by atoms with Crippen molar-refractivity contribution in [1.82, 2.24) is 4.90 Å². The quantitative estimate of drug-likeness (QED) is 0.618.